The smallest absolute Gasteiger partial charge is 0.254 e. The number of rotatable bonds is 2. The lowest BCUT2D eigenvalue weighted by molar-refractivity contribution is 0.0302. The zero-order valence-electron chi connectivity index (χ0n) is 10.7. The predicted molar refractivity (Wildman–Crippen MR) is 68.0 cm³/mol. The molecule has 0 bridgehead atoms. The lowest BCUT2D eigenvalue weighted by atomic mass is 10.1. The van der Waals surface area contributed by atoms with Gasteiger partial charge in [0.05, 0.1) is 25.6 Å². The van der Waals surface area contributed by atoms with E-state index in [1.54, 1.807) is 17.2 Å². The maximum atomic E-state index is 14.1. The molecular weight excluding hydrogens is 263 g/mol. The van der Waals surface area contributed by atoms with Gasteiger partial charge in [0.1, 0.15) is 11.5 Å². The zero-order chi connectivity index (χ0) is 13.9. The zero-order valence-corrected chi connectivity index (χ0v) is 10.7. The van der Waals surface area contributed by atoms with Gasteiger partial charge in [-0.1, -0.05) is 5.21 Å². The van der Waals surface area contributed by atoms with E-state index in [2.05, 4.69) is 10.3 Å². The van der Waals surface area contributed by atoms with Gasteiger partial charge in [0.2, 0.25) is 0 Å². The number of hydrogen-bond acceptors (Lipinski definition) is 4. The van der Waals surface area contributed by atoms with E-state index in [9.17, 15) is 9.18 Å². The molecule has 1 saturated heterocycles. The Balaban J connectivity index is 1.84. The first kappa shape index (κ1) is 12.7. The van der Waals surface area contributed by atoms with Gasteiger partial charge in [-0.05, 0) is 18.2 Å². The summed E-state index contributed by atoms with van der Waals surface area (Å²) in [4.78, 5) is 13.9. The van der Waals surface area contributed by atoms with Crippen LogP contribution in [0.5, 0.6) is 0 Å². The Hall–Kier alpha value is -2.28. The molecule has 104 valence electrons. The summed E-state index contributed by atoms with van der Waals surface area (Å²) in [5, 5.41) is 7.35. The average Bonchev–Trinajstić information content (AvgIpc) is 3.01. The highest BCUT2D eigenvalue weighted by atomic mass is 19.1. The van der Waals surface area contributed by atoms with Crippen molar-refractivity contribution in [3.63, 3.8) is 0 Å². The van der Waals surface area contributed by atoms with Crippen molar-refractivity contribution in [2.24, 2.45) is 0 Å². The van der Waals surface area contributed by atoms with Crippen LogP contribution >= 0.6 is 0 Å². The van der Waals surface area contributed by atoms with E-state index in [1.807, 2.05) is 0 Å². The first-order valence-electron chi connectivity index (χ1n) is 6.29. The second-order valence-corrected chi connectivity index (χ2v) is 4.42. The van der Waals surface area contributed by atoms with Crippen molar-refractivity contribution in [3.05, 3.63) is 42.0 Å². The van der Waals surface area contributed by atoms with Gasteiger partial charge in [0.25, 0.3) is 5.91 Å². The molecular formula is C13H13FN4O2. The third-order valence-electron chi connectivity index (χ3n) is 3.16. The van der Waals surface area contributed by atoms with E-state index in [1.165, 1.54) is 23.0 Å². The van der Waals surface area contributed by atoms with E-state index < -0.39 is 5.82 Å². The summed E-state index contributed by atoms with van der Waals surface area (Å²) in [5.41, 5.74) is 0.592. The highest BCUT2D eigenvalue weighted by molar-refractivity contribution is 5.94. The summed E-state index contributed by atoms with van der Waals surface area (Å²) in [6.45, 7) is 2.10. The minimum Gasteiger partial charge on any atom is -0.378 e. The maximum Gasteiger partial charge on any atom is 0.254 e. The monoisotopic (exact) mass is 276 g/mol. The van der Waals surface area contributed by atoms with Crippen molar-refractivity contribution in [2.45, 2.75) is 0 Å². The fraction of sp³-hybridized carbons (Fsp3) is 0.308. The highest BCUT2D eigenvalue weighted by Gasteiger charge is 2.19. The maximum absolute atomic E-state index is 14.1. The molecule has 1 aliphatic heterocycles. The van der Waals surface area contributed by atoms with Crippen molar-refractivity contribution in [1.82, 2.24) is 19.9 Å². The van der Waals surface area contributed by atoms with Gasteiger partial charge in [-0.2, -0.15) is 0 Å². The molecule has 2 heterocycles. The van der Waals surface area contributed by atoms with Crippen LogP contribution in [-0.2, 0) is 4.74 Å². The van der Waals surface area contributed by atoms with Crippen molar-refractivity contribution >= 4 is 5.91 Å². The first-order valence-corrected chi connectivity index (χ1v) is 6.29. The van der Waals surface area contributed by atoms with Gasteiger partial charge in [0.15, 0.2) is 0 Å². The van der Waals surface area contributed by atoms with E-state index in [-0.39, 0.29) is 11.6 Å². The first-order chi connectivity index (χ1) is 9.75. The number of carbonyl (C=O) groups excluding carboxylic acids is 1. The molecule has 7 heteroatoms. The van der Waals surface area contributed by atoms with E-state index in [4.69, 9.17) is 4.74 Å². The van der Waals surface area contributed by atoms with E-state index in [0.717, 1.165) is 0 Å². The Labute approximate surface area is 114 Å². The van der Waals surface area contributed by atoms with Crippen LogP contribution in [0.2, 0.25) is 0 Å². The largest absolute Gasteiger partial charge is 0.378 e. The Morgan fingerprint density at radius 3 is 2.75 bits per heavy atom. The van der Waals surface area contributed by atoms with Crippen LogP contribution in [0.25, 0.3) is 5.69 Å². The molecule has 3 rings (SSSR count). The molecule has 2 aromatic rings. The third-order valence-corrected chi connectivity index (χ3v) is 3.16. The van der Waals surface area contributed by atoms with Gasteiger partial charge < -0.3 is 9.64 Å². The number of morpholine rings is 1. The van der Waals surface area contributed by atoms with Crippen LogP contribution in [0.4, 0.5) is 4.39 Å². The van der Waals surface area contributed by atoms with Crippen molar-refractivity contribution < 1.29 is 13.9 Å². The minimum atomic E-state index is -0.505. The molecule has 1 fully saturated rings. The molecule has 0 spiro atoms. The second kappa shape index (κ2) is 5.38. The molecule has 0 N–H and O–H groups in total. The molecule has 1 amide bonds. The van der Waals surface area contributed by atoms with Crippen LogP contribution in [0.15, 0.2) is 30.6 Å². The van der Waals surface area contributed by atoms with Crippen molar-refractivity contribution in [1.29, 1.82) is 0 Å². The van der Waals surface area contributed by atoms with E-state index in [0.29, 0.717) is 31.9 Å². The van der Waals surface area contributed by atoms with Gasteiger partial charge in [0, 0.05) is 18.7 Å². The number of hydrogen-bond donors (Lipinski definition) is 0. The predicted octanol–water partition coefficient (Wildman–Crippen LogP) is 0.879. The normalized spacial score (nSPS) is 15.3. The van der Waals surface area contributed by atoms with Gasteiger partial charge in [-0.25, -0.2) is 9.07 Å². The van der Waals surface area contributed by atoms with Crippen LogP contribution in [0.3, 0.4) is 0 Å². The topological polar surface area (TPSA) is 60.2 Å². The second-order valence-electron chi connectivity index (χ2n) is 4.42. The highest BCUT2D eigenvalue weighted by Crippen LogP contribution is 2.16. The lowest BCUT2D eigenvalue weighted by Crippen LogP contribution is -2.40. The molecule has 1 aliphatic rings. The van der Waals surface area contributed by atoms with Crippen molar-refractivity contribution in [3.8, 4) is 5.69 Å². The van der Waals surface area contributed by atoms with Crippen LogP contribution in [0, 0.1) is 5.82 Å². The Morgan fingerprint density at radius 1 is 1.30 bits per heavy atom. The number of benzene rings is 1. The van der Waals surface area contributed by atoms with Gasteiger partial charge in [-0.15, -0.1) is 5.10 Å². The Kier molecular flexibility index (Phi) is 3.42. The summed E-state index contributed by atoms with van der Waals surface area (Å²) >= 11 is 0. The van der Waals surface area contributed by atoms with Crippen LogP contribution < -0.4 is 0 Å². The molecule has 0 atom stereocenters. The lowest BCUT2D eigenvalue weighted by Gasteiger charge is -2.26. The molecule has 0 saturated carbocycles. The summed E-state index contributed by atoms with van der Waals surface area (Å²) in [6.07, 6.45) is 3.01. The summed E-state index contributed by atoms with van der Waals surface area (Å²) in [7, 11) is 0. The van der Waals surface area contributed by atoms with Gasteiger partial charge in [-0.3, -0.25) is 4.79 Å². The number of aromatic nitrogens is 3. The quantitative estimate of drug-likeness (QED) is 0.817. The fourth-order valence-corrected chi connectivity index (χ4v) is 2.11. The number of carbonyl (C=O) groups is 1. The fourth-order valence-electron chi connectivity index (χ4n) is 2.11. The number of nitrogens with zero attached hydrogens (tertiary/aromatic N) is 4. The average molecular weight is 276 g/mol. The molecule has 20 heavy (non-hydrogen) atoms. The number of halogens is 1. The molecule has 1 aromatic heterocycles. The number of amides is 1. The minimum absolute atomic E-state index is 0.183. The summed E-state index contributed by atoms with van der Waals surface area (Å²) in [5.74, 6) is -0.688. The molecule has 0 radical (unpaired) electrons. The summed E-state index contributed by atoms with van der Waals surface area (Å²) in [6, 6.07) is 4.35. The van der Waals surface area contributed by atoms with Gasteiger partial charge >= 0.3 is 0 Å². The Bertz CT molecular complexity index is 609. The molecule has 0 aliphatic carbocycles. The SMILES string of the molecule is O=C(c1ccc(-n2ccnn2)c(F)c1)N1CCOCC1. The Morgan fingerprint density at radius 2 is 2.10 bits per heavy atom. The van der Waals surface area contributed by atoms with Crippen LogP contribution in [-0.4, -0.2) is 52.1 Å². The third kappa shape index (κ3) is 2.39. The van der Waals surface area contributed by atoms with Crippen LogP contribution in [0.1, 0.15) is 10.4 Å². The summed E-state index contributed by atoms with van der Waals surface area (Å²) < 4.78 is 20.6. The molecule has 0 unspecified atom stereocenters. The molecule has 1 aromatic carbocycles. The van der Waals surface area contributed by atoms with Crippen molar-refractivity contribution in [2.75, 3.05) is 26.3 Å². The number of ether oxygens (including phenoxy) is 1. The standard InChI is InChI=1S/C13H13FN4O2/c14-11-9-10(13(19)17-5-7-20-8-6-17)1-2-12(11)18-4-3-15-16-18/h1-4,9H,5-8H2. The molecule has 6 nitrogen and oxygen atoms in total. The van der Waals surface area contributed by atoms with E-state index >= 15 is 0 Å².